The smallest absolute Gasteiger partial charge is 0.251 e. The number of para-hydroxylation sites is 1. The molecule has 1 aliphatic heterocycles. The van der Waals surface area contributed by atoms with Gasteiger partial charge in [0, 0.05) is 23.6 Å². The molecule has 1 heterocycles. The molecule has 0 bridgehead atoms. The summed E-state index contributed by atoms with van der Waals surface area (Å²) in [4.78, 5) is 14.4. The van der Waals surface area contributed by atoms with Crippen molar-refractivity contribution >= 4 is 30.3 Å². The Morgan fingerprint density at radius 2 is 1.96 bits per heavy atom. The Bertz CT molecular complexity index is 744. The molecule has 4 nitrogen and oxygen atoms in total. The van der Waals surface area contributed by atoms with E-state index in [9.17, 15) is 4.79 Å². The largest absolute Gasteiger partial charge is 0.454 e. The molecule has 1 aliphatic rings. The highest BCUT2D eigenvalue weighted by Gasteiger charge is 2.15. The maximum Gasteiger partial charge on any atom is 0.251 e. The summed E-state index contributed by atoms with van der Waals surface area (Å²) < 4.78 is 10.6. The van der Waals surface area contributed by atoms with Crippen molar-refractivity contribution in [1.29, 1.82) is 0 Å². The molecule has 124 valence electrons. The number of rotatable bonds is 5. The normalized spacial score (nSPS) is 13.9. The van der Waals surface area contributed by atoms with Gasteiger partial charge in [-0.3, -0.25) is 4.79 Å². The lowest BCUT2D eigenvalue weighted by molar-refractivity contribution is -0.114. The molecule has 24 heavy (non-hydrogen) atoms. The van der Waals surface area contributed by atoms with Crippen molar-refractivity contribution in [1.82, 2.24) is 0 Å². The topological polar surface area (TPSA) is 38.8 Å². The average molecular weight is 341 g/mol. The third kappa shape index (κ3) is 3.92. The van der Waals surface area contributed by atoms with Crippen LogP contribution in [0.2, 0.25) is 0 Å². The lowest BCUT2D eigenvalue weighted by Gasteiger charge is -2.23. The Morgan fingerprint density at radius 3 is 2.71 bits per heavy atom. The predicted molar refractivity (Wildman–Crippen MR) is 98.8 cm³/mol. The Morgan fingerprint density at radius 1 is 1.21 bits per heavy atom. The molecule has 0 aromatic heterocycles. The van der Waals surface area contributed by atoms with E-state index in [2.05, 4.69) is 12.6 Å². The van der Waals surface area contributed by atoms with E-state index >= 15 is 0 Å². The summed E-state index contributed by atoms with van der Waals surface area (Å²) in [6.07, 6.45) is 3.35. The highest BCUT2D eigenvalue weighted by molar-refractivity contribution is 7.81. The number of hydrogen-bond donors (Lipinski definition) is 1. The van der Waals surface area contributed by atoms with Crippen LogP contribution in [0.3, 0.4) is 0 Å². The number of fused-ring (bicyclic) bond motifs is 1. The van der Waals surface area contributed by atoms with Crippen LogP contribution in [0.15, 0.2) is 54.6 Å². The lowest BCUT2D eigenvalue weighted by Crippen LogP contribution is -2.33. The molecule has 2 aromatic rings. The van der Waals surface area contributed by atoms with E-state index < -0.39 is 0 Å². The molecule has 0 fully saturated rings. The van der Waals surface area contributed by atoms with Crippen LogP contribution in [-0.2, 0) is 4.79 Å². The number of thiol groups is 1. The van der Waals surface area contributed by atoms with Gasteiger partial charge in [-0.25, -0.2) is 0 Å². The van der Waals surface area contributed by atoms with Gasteiger partial charge in [0.25, 0.3) is 5.91 Å². The highest BCUT2D eigenvalue weighted by Crippen LogP contribution is 2.32. The molecule has 1 unspecified atom stereocenters. The summed E-state index contributed by atoms with van der Waals surface area (Å²) in [6, 6.07) is 15.2. The van der Waals surface area contributed by atoms with Gasteiger partial charge in [0.05, 0.1) is 0 Å². The molecule has 3 rings (SSSR count). The number of carbonyl (C=O) groups is 1. The van der Waals surface area contributed by atoms with Gasteiger partial charge in [0.1, 0.15) is 0 Å². The van der Waals surface area contributed by atoms with E-state index in [4.69, 9.17) is 9.47 Å². The molecule has 5 heteroatoms. The molecule has 1 atom stereocenters. The first-order valence-electron chi connectivity index (χ1n) is 7.76. The minimum Gasteiger partial charge on any atom is -0.454 e. The summed E-state index contributed by atoms with van der Waals surface area (Å²) in [5.41, 5.74) is 1.75. The fourth-order valence-corrected chi connectivity index (χ4v) is 2.63. The summed E-state index contributed by atoms with van der Waals surface area (Å²) in [6.45, 7) is 2.74. The fourth-order valence-electron chi connectivity index (χ4n) is 2.47. The van der Waals surface area contributed by atoms with Gasteiger partial charge >= 0.3 is 0 Å². The first kappa shape index (κ1) is 16.5. The second-order valence-electron chi connectivity index (χ2n) is 5.58. The zero-order chi connectivity index (χ0) is 16.9. The first-order chi connectivity index (χ1) is 11.6. The van der Waals surface area contributed by atoms with E-state index in [1.54, 1.807) is 17.1 Å². The quantitative estimate of drug-likeness (QED) is 0.664. The van der Waals surface area contributed by atoms with Crippen LogP contribution in [-0.4, -0.2) is 24.5 Å². The molecule has 1 amide bonds. The maximum atomic E-state index is 12.6. The molecule has 0 saturated heterocycles. The molecule has 0 aliphatic carbocycles. The van der Waals surface area contributed by atoms with Crippen molar-refractivity contribution in [3.05, 3.63) is 60.2 Å². The van der Waals surface area contributed by atoms with E-state index in [0.29, 0.717) is 12.3 Å². The minimum absolute atomic E-state index is 0.0769. The Balaban J connectivity index is 1.77. The summed E-state index contributed by atoms with van der Waals surface area (Å²) >= 11 is 4.42. The number of ether oxygens (including phenoxy) is 2. The van der Waals surface area contributed by atoms with Gasteiger partial charge in [0.2, 0.25) is 6.79 Å². The number of amides is 1. The second kappa shape index (κ2) is 7.45. The monoisotopic (exact) mass is 341 g/mol. The average Bonchev–Trinajstić information content (AvgIpc) is 3.06. The Hall–Kier alpha value is -2.40. The third-order valence-electron chi connectivity index (χ3n) is 3.60. The van der Waals surface area contributed by atoms with E-state index in [1.807, 2.05) is 55.5 Å². The van der Waals surface area contributed by atoms with Crippen molar-refractivity contribution in [2.24, 2.45) is 0 Å². The number of anilines is 1. The van der Waals surface area contributed by atoms with Crippen LogP contribution in [0.4, 0.5) is 5.69 Å². The number of benzene rings is 2. The van der Waals surface area contributed by atoms with Crippen LogP contribution < -0.4 is 14.4 Å². The van der Waals surface area contributed by atoms with Gasteiger partial charge in [-0.2, -0.15) is 12.6 Å². The first-order valence-corrected chi connectivity index (χ1v) is 8.27. The Kier molecular flexibility index (Phi) is 5.11. The minimum atomic E-state index is -0.0835. The van der Waals surface area contributed by atoms with Crippen LogP contribution in [0.25, 0.3) is 6.08 Å². The molecule has 0 radical (unpaired) electrons. The van der Waals surface area contributed by atoms with Gasteiger partial charge in [-0.1, -0.05) is 31.2 Å². The summed E-state index contributed by atoms with van der Waals surface area (Å²) in [5, 5.41) is 0.0769. The summed E-state index contributed by atoms with van der Waals surface area (Å²) in [7, 11) is 0. The molecular formula is C19H19NO3S. The molecule has 0 spiro atoms. The molecule has 0 saturated carbocycles. The number of hydrogen-bond acceptors (Lipinski definition) is 4. The van der Waals surface area contributed by atoms with Crippen molar-refractivity contribution in [2.75, 3.05) is 18.2 Å². The van der Waals surface area contributed by atoms with Crippen LogP contribution >= 0.6 is 12.6 Å². The van der Waals surface area contributed by atoms with Gasteiger partial charge in [-0.15, -0.1) is 0 Å². The van der Waals surface area contributed by atoms with Crippen molar-refractivity contribution in [3.8, 4) is 11.5 Å². The SMILES string of the molecule is CC(S)CN(C(=O)/C=C/c1ccc2c(c1)OCO2)c1ccccc1. The highest BCUT2D eigenvalue weighted by atomic mass is 32.1. The predicted octanol–water partition coefficient (Wildman–Crippen LogP) is 3.78. The third-order valence-corrected chi connectivity index (χ3v) is 3.76. The van der Waals surface area contributed by atoms with Crippen molar-refractivity contribution < 1.29 is 14.3 Å². The number of nitrogens with zero attached hydrogens (tertiary/aromatic N) is 1. The van der Waals surface area contributed by atoms with Gasteiger partial charge in [0.15, 0.2) is 11.5 Å². The second-order valence-corrected chi connectivity index (χ2v) is 6.46. The lowest BCUT2D eigenvalue weighted by atomic mass is 10.2. The maximum absolute atomic E-state index is 12.6. The zero-order valence-electron chi connectivity index (χ0n) is 13.4. The van der Waals surface area contributed by atoms with Gasteiger partial charge < -0.3 is 14.4 Å². The van der Waals surface area contributed by atoms with Crippen LogP contribution in [0.5, 0.6) is 11.5 Å². The molecular weight excluding hydrogens is 322 g/mol. The zero-order valence-corrected chi connectivity index (χ0v) is 14.3. The number of carbonyl (C=O) groups excluding carboxylic acids is 1. The van der Waals surface area contributed by atoms with Gasteiger partial charge in [-0.05, 0) is 35.9 Å². The van der Waals surface area contributed by atoms with E-state index in [0.717, 1.165) is 17.0 Å². The fraction of sp³-hybridized carbons (Fsp3) is 0.211. The van der Waals surface area contributed by atoms with Crippen molar-refractivity contribution in [3.63, 3.8) is 0 Å². The van der Waals surface area contributed by atoms with E-state index in [1.165, 1.54) is 0 Å². The molecule has 2 aromatic carbocycles. The molecule has 0 N–H and O–H groups in total. The Labute approximate surface area is 147 Å². The summed E-state index contributed by atoms with van der Waals surface area (Å²) in [5.74, 6) is 1.35. The van der Waals surface area contributed by atoms with Crippen LogP contribution in [0, 0.1) is 0 Å². The van der Waals surface area contributed by atoms with E-state index in [-0.39, 0.29) is 18.0 Å². The van der Waals surface area contributed by atoms with Crippen LogP contribution in [0.1, 0.15) is 12.5 Å². The van der Waals surface area contributed by atoms with Crippen molar-refractivity contribution in [2.45, 2.75) is 12.2 Å². The standard InChI is InChI=1S/C19H19NO3S/c1-14(24)12-20(16-5-3-2-4-6-16)19(21)10-8-15-7-9-17-18(11-15)23-13-22-17/h2-11,14,24H,12-13H2,1H3/b10-8+.